The van der Waals surface area contributed by atoms with Crippen molar-refractivity contribution in [2.45, 2.75) is 12.8 Å². The van der Waals surface area contributed by atoms with Crippen LogP contribution in [0, 0.1) is 0 Å². The quantitative estimate of drug-likeness (QED) is 0.472. The van der Waals surface area contributed by atoms with Crippen LogP contribution in [0.4, 0.5) is 0 Å². The van der Waals surface area contributed by atoms with Gasteiger partial charge in [-0.05, 0) is 0 Å². The van der Waals surface area contributed by atoms with Crippen molar-refractivity contribution in [3.05, 3.63) is 0 Å². The molecule has 0 aromatic heterocycles. The zero-order valence-electron chi connectivity index (χ0n) is 6.86. The molecule has 0 N–H and O–H groups in total. The number of carbonyl (C=O) groups excluding carboxylic acids is 2. The summed E-state index contributed by atoms with van der Waals surface area (Å²) >= 11 is 0. The highest BCUT2D eigenvalue weighted by atomic mass is 16.7. The minimum atomic E-state index is -0.442. The molecule has 0 aromatic rings. The van der Waals surface area contributed by atoms with Crippen molar-refractivity contribution < 1.29 is 19.2 Å². The molecular formula is C7H8N2O4. The lowest BCUT2D eigenvalue weighted by molar-refractivity contribution is -0.179. The van der Waals surface area contributed by atoms with Gasteiger partial charge in [-0.2, -0.15) is 5.06 Å². The lowest BCUT2D eigenvalue weighted by Gasteiger charge is -2.19. The molecule has 0 radical (unpaired) electrons. The molecule has 6 heteroatoms. The number of hydroxylamine groups is 2. The van der Waals surface area contributed by atoms with Crippen LogP contribution in [0.5, 0.6) is 0 Å². The van der Waals surface area contributed by atoms with Crippen molar-refractivity contribution in [3.63, 3.8) is 0 Å². The molecule has 70 valence electrons. The summed E-state index contributed by atoms with van der Waals surface area (Å²) in [5, 5.41) is 1.21. The predicted octanol–water partition coefficient (Wildman–Crippen LogP) is -0.547. The van der Waals surface area contributed by atoms with Gasteiger partial charge >= 0.3 is 18.0 Å². The van der Waals surface area contributed by atoms with Crippen LogP contribution in [0.25, 0.3) is 0 Å². The van der Waals surface area contributed by atoms with Crippen LogP contribution in [-0.2, 0) is 19.2 Å². The molecule has 0 amide bonds. The van der Waals surface area contributed by atoms with E-state index in [-0.39, 0.29) is 18.9 Å². The van der Waals surface area contributed by atoms with Crippen LogP contribution in [0.1, 0.15) is 12.8 Å². The van der Waals surface area contributed by atoms with E-state index in [4.69, 9.17) is 9.57 Å². The fourth-order valence-electron chi connectivity index (χ4n) is 1.10. The smallest absolute Gasteiger partial charge is 0.333 e. The first kappa shape index (κ1) is 8.03. The maximum absolute atomic E-state index is 11.0. The van der Waals surface area contributed by atoms with Gasteiger partial charge in [-0.1, -0.05) is 0 Å². The molecule has 1 saturated heterocycles. The Morgan fingerprint density at radius 3 is 2.85 bits per heavy atom. The van der Waals surface area contributed by atoms with Crippen molar-refractivity contribution in [2.24, 2.45) is 4.99 Å². The molecule has 0 aliphatic carbocycles. The van der Waals surface area contributed by atoms with E-state index in [1.807, 2.05) is 0 Å². The third-order valence-corrected chi connectivity index (χ3v) is 1.71. The van der Waals surface area contributed by atoms with Crippen LogP contribution in [0.15, 0.2) is 4.99 Å². The molecule has 1 fully saturated rings. The summed E-state index contributed by atoms with van der Waals surface area (Å²) in [6, 6.07) is 0.0954. The highest BCUT2D eigenvalue weighted by molar-refractivity contribution is 5.91. The standard InChI is InChI=1S/C7H8N2O4/c10-5-1-2-6(11)13-9-4-3-8-7(9)12-5/h1-4H2. The average molecular weight is 184 g/mol. The van der Waals surface area contributed by atoms with Crippen LogP contribution in [0.2, 0.25) is 0 Å². The molecule has 0 atom stereocenters. The molecule has 0 unspecified atom stereocenters. The molecule has 0 saturated carbocycles. The topological polar surface area (TPSA) is 68.2 Å². The maximum atomic E-state index is 11.0. The summed E-state index contributed by atoms with van der Waals surface area (Å²) in [5.41, 5.74) is 0. The summed E-state index contributed by atoms with van der Waals surface area (Å²) in [6.07, 6.45) is 0.105. The summed E-state index contributed by atoms with van der Waals surface area (Å²) in [6.45, 7) is 0.935. The lowest BCUT2D eigenvalue weighted by atomic mass is 10.3. The number of carbonyl (C=O) groups is 2. The Bertz CT molecular complexity index is 286. The Morgan fingerprint density at radius 2 is 2.00 bits per heavy atom. The van der Waals surface area contributed by atoms with Crippen molar-refractivity contribution in [1.29, 1.82) is 0 Å². The highest BCUT2D eigenvalue weighted by Gasteiger charge is 2.28. The zero-order valence-corrected chi connectivity index (χ0v) is 6.86. The molecule has 0 bridgehead atoms. The first-order chi connectivity index (χ1) is 6.25. The van der Waals surface area contributed by atoms with E-state index in [1.54, 1.807) is 0 Å². The Hall–Kier alpha value is -1.59. The lowest BCUT2D eigenvalue weighted by Crippen LogP contribution is -2.36. The summed E-state index contributed by atoms with van der Waals surface area (Å²) in [4.78, 5) is 30.7. The largest absolute Gasteiger partial charge is 0.390 e. The monoisotopic (exact) mass is 184 g/mol. The van der Waals surface area contributed by atoms with Gasteiger partial charge in [-0.25, -0.2) is 9.79 Å². The van der Waals surface area contributed by atoms with E-state index >= 15 is 0 Å². The molecule has 2 heterocycles. The van der Waals surface area contributed by atoms with Gasteiger partial charge in [0.25, 0.3) is 0 Å². The van der Waals surface area contributed by atoms with E-state index in [0.29, 0.717) is 13.1 Å². The average Bonchev–Trinajstić information content (AvgIpc) is 2.47. The van der Waals surface area contributed by atoms with Crippen molar-refractivity contribution >= 4 is 18.0 Å². The van der Waals surface area contributed by atoms with E-state index in [9.17, 15) is 9.59 Å². The summed E-state index contributed by atoms with van der Waals surface area (Å²) in [7, 11) is 0. The van der Waals surface area contributed by atoms with Crippen LogP contribution in [-0.4, -0.2) is 36.1 Å². The van der Waals surface area contributed by atoms with Gasteiger partial charge in [0.2, 0.25) is 0 Å². The summed E-state index contributed by atoms with van der Waals surface area (Å²) in [5.74, 6) is -0.867. The zero-order chi connectivity index (χ0) is 9.26. The Balaban J connectivity index is 2.14. The first-order valence-electron chi connectivity index (χ1n) is 3.99. The van der Waals surface area contributed by atoms with Gasteiger partial charge in [0, 0.05) is 0 Å². The number of aliphatic imine (C=N–C) groups is 1. The normalized spacial score (nSPS) is 22.5. The number of hydrogen-bond acceptors (Lipinski definition) is 6. The second-order valence-corrected chi connectivity index (χ2v) is 2.70. The van der Waals surface area contributed by atoms with E-state index in [0.717, 1.165) is 0 Å². The van der Waals surface area contributed by atoms with Crippen LogP contribution >= 0.6 is 0 Å². The number of nitrogens with zero attached hydrogens (tertiary/aromatic N) is 2. The third kappa shape index (κ3) is 1.61. The number of amidine groups is 1. The predicted molar refractivity (Wildman–Crippen MR) is 40.4 cm³/mol. The molecule has 2 aliphatic heterocycles. The number of fused-ring (bicyclic) bond motifs is 1. The van der Waals surface area contributed by atoms with E-state index < -0.39 is 11.9 Å². The van der Waals surface area contributed by atoms with Crippen molar-refractivity contribution in [1.82, 2.24) is 5.06 Å². The van der Waals surface area contributed by atoms with Crippen molar-refractivity contribution in [3.8, 4) is 0 Å². The second-order valence-electron chi connectivity index (χ2n) is 2.70. The number of hydrogen-bond donors (Lipinski definition) is 0. The van der Waals surface area contributed by atoms with E-state index in [1.165, 1.54) is 5.06 Å². The molecule has 2 aliphatic rings. The number of esters is 1. The second kappa shape index (κ2) is 3.04. The van der Waals surface area contributed by atoms with Gasteiger partial charge in [0.1, 0.15) is 0 Å². The first-order valence-corrected chi connectivity index (χ1v) is 3.99. The molecule has 13 heavy (non-hydrogen) atoms. The summed E-state index contributed by atoms with van der Waals surface area (Å²) < 4.78 is 4.82. The van der Waals surface area contributed by atoms with Gasteiger partial charge in [0.15, 0.2) is 0 Å². The van der Waals surface area contributed by atoms with Gasteiger partial charge in [-0.3, -0.25) is 4.79 Å². The number of rotatable bonds is 0. The third-order valence-electron chi connectivity index (χ3n) is 1.71. The number of ether oxygens (including phenoxy) is 1. The van der Waals surface area contributed by atoms with Gasteiger partial charge < -0.3 is 9.57 Å². The molecule has 0 aromatic carbocycles. The minimum Gasteiger partial charge on any atom is -0.390 e. The van der Waals surface area contributed by atoms with Crippen molar-refractivity contribution in [2.75, 3.05) is 13.1 Å². The Labute approximate surface area is 74.1 Å². The molecule has 6 nitrogen and oxygen atoms in total. The van der Waals surface area contributed by atoms with Crippen LogP contribution in [0.3, 0.4) is 0 Å². The molecule has 0 spiro atoms. The van der Waals surface area contributed by atoms with Gasteiger partial charge in [-0.15, -0.1) is 0 Å². The molecular weight excluding hydrogens is 176 g/mol. The fourth-order valence-corrected chi connectivity index (χ4v) is 1.10. The fraction of sp³-hybridized carbons (Fsp3) is 0.571. The highest BCUT2D eigenvalue weighted by Crippen LogP contribution is 2.10. The van der Waals surface area contributed by atoms with Crippen LogP contribution < -0.4 is 0 Å². The maximum Gasteiger partial charge on any atom is 0.333 e. The molecule has 2 rings (SSSR count). The SMILES string of the molecule is O=C1CCC(=O)ON2CCN=C2O1. The van der Waals surface area contributed by atoms with E-state index in [2.05, 4.69) is 4.99 Å². The van der Waals surface area contributed by atoms with Gasteiger partial charge in [0.05, 0.1) is 25.9 Å². The minimum absolute atomic E-state index is 0.0473. The Morgan fingerprint density at radius 1 is 1.23 bits per heavy atom. The Kier molecular flexibility index (Phi) is 1.88.